The zero-order valence-electron chi connectivity index (χ0n) is 15.6. The van der Waals surface area contributed by atoms with Crippen LogP contribution in [-0.2, 0) is 6.18 Å². The molecule has 10 heteroatoms. The van der Waals surface area contributed by atoms with Crippen LogP contribution >= 0.6 is 0 Å². The fraction of sp³-hybridized carbons (Fsp3) is 0.200. The summed E-state index contributed by atoms with van der Waals surface area (Å²) in [5.74, 6) is -0.166. The van der Waals surface area contributed by atoms with Gasteiger partial charge in [0, 0.05) is 23.0 Å². The third kappa shape index (κ3) is 3.14. The summed E-state index contributed by atoms with van der Waals surface area (Å²) in [6.07, 6.45) is -0.604. The number of halogens is 3. The van der Waals surface area contributed by atoms with E-state index in [0.717, 1.165) is 23.0 Å². The largest absolute Gasteiger partial charge is 0.494 e. The highest BCUT2D eigenvalue weighted by molar-refractivity contribution is 6.12. The zero-order valence-corrected chi connectivity index (χ0v) is 15.6. The van der Waals surface area contributed by atoms with Gasteiger partial charge in [-0.25, -0.2) is 9.78 Å². The zero-order chi connectivity index (χ0) is 21.5. The van der Waals surface area contributed by atoms with E-state index in [-0.39, 0.29) is 18.0 Å². The molecule has 1 aliphatic heterocycles. The molecule has 4 rings (SSSR count). The van der Waals surface area contributed by atoms with Crippen LogP contribution in [0.3, 0.4) is 0 Å². The molecule has 1 atom stereocenters. The van der Waals surface area contributed by atoms with Crippen molar-refractivity contribution >= 4 is 28.2 Å². The van der Waals surface area contributed by atoms with Crippen LogP contribution in [0.4, 0.5) is 29.3 Å². The maximum Gasteiger partial charge on any atom is 0.433 e. The maximum atomic E-state index is 13.2. The minimum atomic E-state index is -4.66. The number of fused-ring (bicyclic) bond motifs is 1. The molecule has 0 radical (unpaired) electrons. The smallest absolute Gasteiger partial charge is 0.433 e. The fourth-order valence-corrected chi connectivity index (χ4v) is 3.41. The van der Waals surface area contributed by atoms with Crippen molar-refractivity contribution in [2.45, 2.75) is 12.2 Å². The van der Waals surface area contributed by atoms with E-state index in [0.29, 0.717) is 5.69 Å². The fourth-order valence-electron chi connectivity index (χ4n) is 3.41. The van der Waals surface area contributed by atoms with E-state index < -0.39 is 23.9 Å². The number of nitriles is 1. The minimum Gasteiger partial charge on any atom is -0.494 e. The molecule has 152 valence electrons. The number of pyridine rings is 2. The van der Waals surface area contributed by atoms with Crippen LogP contribution in [0.25, 0.3) is 10.8 Å². The normalized spacial score (nSPS) is 16.8. The van der Waals surface area contributed by atoms with Gasteiger partial charge in [0.15, 0.2) is 0 Å². The summed E-state index contributed by atoms with van der Waals surface area (Å²) >= 11 is 0. The highest BCUT2D eigenvalue weighted by Crippen LogP contribution is 2.38. The number of urea groups is 1. The first kappa shape index (κ1) is 19.4. The number of ether oxygens (including phenoxy) is 1. The standard InChI is InChI=1S/C20H14F3N5O2/c1-30-17-6-18(20(21,22)23)26-10-16(17)27-11-13(7-24)28(19(27)29)15-9-25-8-12-4-2-3-5-14(12)15/h2-6,8-10,13H,11H2,1H3/t13-/m0/s1. The number of rotatable bonds is 3. The van der Waals surface area contributed by atoms with Crippen LogP contribution in [0, 0.1) is 11.3 Å². The Morgan fingerprint density at radius 3 is 2.67 bits per heavy atom. The van der Waals surface area contributed by atoms with Gasteiger partial charge in [-0.05, 0) is 0 Å². The lowest BCUT2D eigenvalue weighted by molar-refractivity contribution is -0.141. The number of amides is 2. The van der Waals surface area contributed by atoms with Crippen LogP contribution in [0.2, 0.25) is 0 Å². The molecule has 3 aromatic rings. The van der Waals surface area contributed by atoms with Gasteiger partial charge in [0.25, 0.3) is 0 Å². The lowest BCUT2D eigenvalue weighted by Crippen LogP contribution is -2.34. The van der Waals surface area contributed by atoms with Crippen molar-refractivity contribution in [3.05, 3.63) is 54.6 Å². The highest BCUT2D eigenvalue weighted by atomic mass is 19.4. The molecule has 0 N–H and O–H groups in total. The number of carbonyl (C=O) groups is 1. The van der Waals surface area contributed by atoms with Crippen molar-refractivity contribution in [2.24, 2.45) is 0 Å². The molecule has 1 aliphatic rings. The topological polar surface area (TPSA) is 82.3 Å². The second-order valence-corrected chi connectivity index (χ2v) is 6.53. The van der Waals surface area contributed by atoms with Crippen LogP contribution in [0.15, 0.2) is 48.9 Å². The molecule has 1 saturated heterocycles. The van der Waals surface area contributed by atoms with Crippen LogP contribution in [0.1, 0.15) is 5.69 Å². The predicted octanol–water partition coefficient (Wildman–Crippen LogP) is 4.00. The molecule has 7 nitrogen and oxygen atoms in total. The Kier molecular flexibility index (Phi) is 4.66. The average molecular weight is 413 g/mol. The minimum absolute atomic E-state index is 0.0476. The van der Waals surface area contributed by atoms with Gasteiger partial charge in [-0.15, -0.1) is 0 Å². The summed E-state index contributed by atoms with van der Waals surface area (Å²) in [6, 6.07) is 8.60. The van der Waals surface area contributed by atoms with E-state index in [1.807, 2.05) is 12.1 Å². The molecule has 30 heavy (non-hydrogen) atoms. The quantitative estimate of drug-likeness (QED) is 0.648. The van der Waals surface area contributed by atoms with Crippen molar-refractivity contribution in [3.63, 3.8) is 0 Å². The molecule has 0 aliphatic carbocycles. The summed E-state index contributed by atoms with van der Waals surface area (Å²) in [5.41, 5.74) is -0.654. The Labute approximate surface area is 168 Å². The Morgan fingerprint density at radius 2 is 1.97 bits per heavy atom. The lowest BCUT2D eigenvalue weighted by Gasteiger charge is -2.22. The Bertz CT molecular complexity index is 1170. The van der Waals surface area contributed by atoms with E-state index in [4.69, 9.17) is 4.74 Å². The summed E-state index contributed by atoms with van der Waals surface area (Å²) in [7, 11) is 1.20. The summed E-state index contributed by atoms with van der Waals surface area (Å²) in [6.45, 7) is -0.0675. The number of anilines is 2. The number of nitrogens with zero attached hydrogens (tertiary/aromatic N) is 5. The van der Waals surface area contributed by atoms with Crippen molar-refractivity contribution < 1.29 is 22.7 Å². The first-order valence-electron chi connectivity index (χ1n) is 8.79. The van der Waals surface area contributed by atoms with E-state index in [2.05, 4.69) is 16.0 Å². The molecule has 3 heterocycles. The van der Waals surface area contributed by atoms with Gasteiger partial charge in [0.05, 0.1) is 37.8 Å². The number of alkyl halides is 3. The molecule has 1 fully saturated rings. The van der Waals surface area contributed by atoms with Gasteiger partial charge in [0.1, 0.15) is 23.2 Å². The monoisotopic (exact) mass is 413 g/mol. The second-order valence-electron chi connectivity index (χ2n) is 6.53. The first-order chi connectivity index (χ1) is 14.3. The molecule has 2 amide bonds. The number of methoxy groups -OCH3 is 1. The van der Waals surface area contributed by atoms with Gasteiger partial charge in [-0.2, -0.15) is 18.4 Å². The van der Waals surface area contributed by atoms with E-state index >= 15 is 0 Å². The van der Waals surface area contributed by atoms with Gasteiger partial charge in [-0.1, -0.05) is 24.3 Å². The Balaban J connectivity index is 1.78. The van der Waals surface area contributed by atoms with Crippen LogP contribution in [-0.4, -0.2) is 35.7 Å². The SMILES string of the molecule is COc1cc(C(F)(F)F)ncc1N1C[C@H](C#N)N(c2cncc3ccccc23)C1=O. The van der Waals surface area contributed by atoms with Crippen molar-refractivity contribution in [3.8, 4) is 11.8 Å². The third-order valence-electron chi connectivity index (χ3n) is 4.81. The predicted molar refractivity (Wildman–Crippen MR) is 102 cm³/mol. The molecule has 0 unspecified atom stereocenters. The second kappa shape index (κ2) is 7.18. The van der Waals surface area contributed by atoms with Gasteiger partial charge >= 0.3 is 12.2 Å². The molecule has 0 saturated carbocycles. The summed E-state index contributed by atoms with van der Waals surface area (Å²) in [4.78, 5) is 23.3. The lowest BCUT2D eigenvalue weighted by atomic mass is 10.1. The first-order valence-corrected chi connectivity index (χ1v) is 8.79. The molecule has 2 aromatic heterocycles. The van der Waals surface area contributed by atoms with Gasteiger partial charge < -0.3 is 4.74 Å². The van der Waals surface area contributed by atoms with Gasteiger partial charge in [-0.3, -0.25) is 14.8 Å². The molecular weight excluding hydrogens is 399 g/mol. The van der Waals surface area contributed by atoms with Crippen molar-refractivity contribution in [2.75, 3.05) is 23.5 Å². The highest BCUT2D eigenvalue weighted by Gasteiger charge is 2.42. The van der Waals surface area contributed by atoms with E-state index in [1.54, 1.807) is 18.3 Å². The maximum absolute atomic E-state index is 13.2. The van der Waals surface area contributed by atoms with Gasteiger partial charge in [0.2, 0.25) is 0 Å². The Hall–Kier alpha value is -3.87. The van der Waals surface area contributed by atoms with Crippen molar-refractivity contribution in [1.82, 2.24) is 9.97 Å². The summed E-state index contributed by atoms with van der Waals surface area (Å²) in [5, 5.41) is 11.1. The molecule has 0 bridgehead atoms. The number of carbonyl (C=O) groups excluding carboxylic acids is 1. The van der Waals surface area contributed by atoms with Crippen LogP contribution < -0.4 is 14.5 Å². The van der Waals surface area contributed by atoms with Crippen molar-refractivity contribution in [1.29, 1.82) is 5.26 Å². The number of hydrogen-bond acceptors (Lipinski definition) is 5. The average Bonchev–Trinajstić information content (AvgIpc) is 3.08. The number of benzene rings is 1. The molecular formula is C20H14F3N5O2. The molecule has 0 spiro atoms. The van der Waals surface area contributed by atoms with Crippen LogP contribution in [0.5, 0.6) is 5.75 Å². The third-order valence-corrected chi connectivity index (χ3v) is 4.81. The molecule has 1 aromatic carbocycles. The van der Waals surface area contributed by atoms with E-state index in [1.165, 1.54) is 23.1 Å². The Morgan fingerprint density at radius 1 is 1.20 bits per heavy atom. The van der Waals surface area contributed by atoms with E-state index in [9.17, 15) is 23.2 Å². The number of hydrogen-bond donors (Lipinski definition) is 0. The summed E-state index contributed by atoms with van der Waals surface area (Å²) < 4.78 is 44.0. The number of aromatic nitrogens is 2.